The average molecular weight is 266 g/mol. The predicted octanol–water partition coefficient (Wildman–Crippen LogP) is 3.29. The van der Waals surface area contributed by atoms with Gasteiger partial charge in [-0.25, -0.2) is 18.7 Å². The molecule has 0 atom stereocenters. The van der Waals surface area contributed by atoms with E-state index >= 15 is 0 Å². The van der Waals surface area contributed by atoms with Gasteiger partial charge in [-0.1, -0.05) is 0 Å². The van der Waals surface area contributed by atoms with Crippen molar-refractivity contribution in [3.05, 3.63) is 18.0 Å². The first-order valence-corrected chi connectivity index (χ1v) is 6.50. The molecule has 0 bridgehead atoms. The summed E-state index contributed by atoms with van der Waals surface area (Å²) < 4.78 is 26.3. The van der Waals surface area contributed by atoms with E-state index in [0.29, 0.717) is 18.5 Å². The lowest BCUT2D eigenvalue weighted by Gasteiger charge is -2.26. The molecule has 3 rings (SSSR count). The quantitative estimate of drug-likeness (QED) is 0.877. The van der Waals surface area contributed by atoms with Gasteiger partial charge >= 0.3 is 0 Å². The Morgan fingerprint density at radius 2 is 2.00 bits per heavy atom. The van der Waals surface area contributed by atoms with Gasteiger partial charge in [-0.05, 0) is 25.0 Å². The Bertz CT molecular complexity index is 583. The van der Waals surface area contributed by atoms with Crippen molar-refractivity contribution in [1.82, 2.24) is 15.0 Å². The lowest BCUT2D eigenvalue weighted by Crippen LogP contribution is -2.24. The Kier molecular flexibility index (Phi) is 2.88. The number of nitrogens with zero attached hydrogens (tertiary/aromatic N) is 2. The number of fused-ring (bicyclic) bond motifs is 1. The van der Waals surface area contributed by atoms with Crippen molar-refractivity contribution in [1.29, 1.82) is 0 Å². The van der Waals surface area contributed by atoms with Gasteiger partial charge in [0.15, 0.2) is 5.65 Å². The predicted molar refractivity (Wildman–Crippen MR) is 69.6 cm³/mol. The molecule has 2 heterocycles. The Hall–Kier alpha value is -1.72. The van der Waals surface area contributed by atoms with Crippen LogP contribution in [0, 0.1) is 0 Å². The summed E-state index contributed by atoms with van der Waals surface area (Å²) >= 11 is 0. The number of halogens is 2. The molecular formula is C13H16F2N4. The first-order valence-electron chi connectivity index (χ1n) is 6.50. The first-order chi connectivity index (χ1) is 9.07. The second kappa shape index (κ2) is 4.43. The number of alkyl halides is 2. The zero-order valence-corrected chi connectivity index (χ0v) is 10.7. The number of H-pyrrole nitrogens is 1. The van der Waals surface area contributed by atoms with E-state index in [-0.39, 0.29) is 18.8 Å². The third-order valence-corrected chi connectivity index (χ3v) is 3.72. The Morgan fingerprint density at radius 3 is 2.68 bits per heavy atom. The standard InChI is InChI=1S/C13H16F2N4/c1-16-10-3-2-9-12(18-10)19-11(17-9)8-4-6-13(14,15)7-5-8/h2-3,8H,4-7H2,1H3,(H2,16,17,18,19). The zero-order valence-electron chi connectivity index (χ0n) is 10.7. The van der Waals surface area contributed by atoms with Crippen LogP contribution in [-0.4, -0.2) is 27.9 Å². The second-order valence-corrected chi connectivity index (χ2v) is 5.07. The van der Waals surface area contributed by atoms with Crippen molar-refractivity contribution in [2.24, 2.45) is 0 Å². The van der Waals surface area contributed by atoms with Gasteiger partial charge in [0.2, 0.25) is 5.92 Å². The summed E-state index contributed by atoms with van der Waals surface area (Å²) in [6, 6.07) is 3.77. The molecule has 0 unspecified atom stereocenters. The fraction of sp³-hybridized carbons (Fsp3) is 0.538. The first kappa shape index (κ1) is 12.3. The van der Waals surface area contributed by atoms with Crippen LogP contribution in [0.4, 0.5) is 14.6 Å². The number of hydrogen-bond donors (Lipinski definition) is 2. The molecule has 1 aliphatic carbocycles. The van der Waals surface area contributed by atoms with E-state index in [9.17, 15) is 8.78 Å². The fourth-order valence-corrected chi connectivity index (χ4v) is 2.56. The SMILES string of the molecule is CNc1ccc2[nH]c(C3CCC(F)(F)CC3)nc2n1. The maximum absolute atomic E-state index is 13.1. The van der Waals surface area contributed by atoms with Gasteiger partial charge < -0.3 is 10.3 Å². The van der Waals surface area contributed by atoms with Gasteiger partial charge in [0.05, 0.1) is 5.52 Å². The molecule has 2 aromatic heterocycles. The summed E-state index contributed by atoms with van der Waals surface area (Å²) in [5, 5.41) is 2.95. The average Bonchev–Trinajstić information content (AvgIpc) is 2.81. The minimum atomic E-state index is -2.50. The van der Waals surface area contributed by atoms with Gasteiger partial charge in [-0.15, -0.1) is 0 Å². The van der Waals surface area contributed by atoms with Gasteiger partial charge in [0.25, 0.3) is 0 Å². The highest BCUT2D eigenvalue weighted by atomic mass is 19.3. The van der Waals surface area contributed by atoms with E-state index < -0.39 is 5.92 Å². The van der Waals surface area contributed by atoms with Crippen molar-refractivity contribution in [2.75, 3.05) is 12.4 Å². The van der Waals surface area contributed by atoms with Crippen LogP contribution in [-0.2, 0) is 0 Å². The molecule has 19 heavy (non-hydrogen) atoms. The van der Waals surface area contributed by atoms with Crippen LogP contribution in [0.3, 0.4) is 0 Å². The number of hydrogen-bond acceptors (Lipinski definition) is 3. The summed E-state index contributed by atoms with van der Waals surface area (Å²) in [6.45, 7) is 0. The smallest absolute Gasteiger partial charge is 0.248 e. The molecule has 102 valence electrons. The van der Waals surface area contributed by atoms with E-state index in [1.54, 1.807) is 7.05 Å². The van der Waals surface area contributed by atoms with Gasteiger partial charge in [0, 0.05) is 25.8 Å². The molecule has 1 saturated carbocycles. The van der Waals surface area contributed by atoms with Crippen LogP contribution < -0.4 is 5.32 Å². The maximum Gasteiger partial charge on any atom is 0.248 e. The molecule has 1 aliphatic rings. The maximum atomic E-state index is 13.1. The summed E-state index contributed by atoms with van der Waals surface area (Å²) in [6.07, 6.45) is 0.852. The monoisotopic (exact) mass is 266 g/mol. The minimum absolute atomic E-state index is 0.0517. The van der Waals surface area contributed by atoms with Crippen molar-refractivity contribution in [3.63, 3.8) is 0 Å². The largest absolute Gasteiger partial charge is 0.373 e. The molecule has 2 aromatic rings. The fourth-order valence-electron chi connectivity index (χ4n) is 2.56. The highest BCUT2D eigenvalue weighted by Gasteiger charge is 2.36. The molecule has 0 radical (unpaired) electrons. The van der Waals surface area contributed by atoms with Crippen molar-refractivity contribution in [3.8, 4) is 0 Å². The summed E-state index contributed by atoms with van der Waals surface area (Å²) in [4.78, 5) is 12.0. The third kappa shape index (κ3) is 2.39. The highest BCUT2D eigenvalue weighted by Crippen LogP contribution is 2.40. The van der Waals surface area contributed by atoms with E-state index in [1.807, 2.05) is 12.1 Å². The number of rotatable bonds is 2. The number of pyridine rings is 1. The van der Waals surface area contributed by atoms with Gasteiger partial charge in [-0.2, -0.15) is 0 Å². The molecular weight excluding hydrogens is 250 g/mol. The molecule has 0 aromatic carbocycles. The number of nitrogens with one attached hydrogen (secondary N) is 2. The summed E-state index contributed by atoms with van der Waals surface area (Å²) in [5.74, 6) is -0.876. The van der Waals surface area contributed by atoms with Crippen LogP contribution >= 0.6 is 0 Å². The topological polar surface area (TPSA) is 53.6 Å². The van der Waals surface area contributed by atoms with Crippen molar-refractivity contribution >= 4 is 17.0 Å². The van der Waals surface area contributed by atoms with Crippen molar-refractivity contribution in [2.45, 2.75) is 37.5 Å². The Morgan fingerprint density at radius 1 is 1.26 bits per heavy atom. The van der Waals surface area contributed by atoms with E-state index in [4.69, 9.17) is 0 Å². The number of aromatic amines is 1. The van der Waals surface area contributed by atoms with E-state index in [2.05, 4.69) is 20.3 Å². The Balaban J connectivity index is 1.85. The van der Waals surface area contributed by atoms with Crippen molar-refractivity contribution < 1.29 is 8.78 Å². The summed E-state index contributed by atoms with van der Waals surface area (Å²) in [5.41, 5.74) is 1.49. The molecule has 0 aliphatic heterocycles. The molecule has 0 saturated heterocycles. The molecule has 0 amide bonds. The lowest BCUT2D eigenvalue weighted by molar-refractivity contribution is -0.0387. The van der Waals surface area contributed by atoms with Crippen LogP contribution in [0.1, 0.15) is 37.4 Å². The van der Waals surface area contributed by atoms with E-state index in [0.717, 1.165) is 17.2 Å². The summed E-state index contributed by atoms with van der Waals surface area (Å²) in [7, 11) is 1.80. The van der Waals surface area contributed by atoms with Crippen LogP contribution in [0.5, 0.6) is 0 Å². The third-order valence-electron chi connectivity index (χ3n) is 3.72. The zero-order chi connectivity index (χ0) is 13.5. The Labute approximate surface area is 109 Å². The van der Waals surface area contributed by atoms with Crippen LogP contribution in [0.15, 0.2) is 12.1 Å². The van der Waals surface area contributed by atoms with Crippen LogP contribution in [0.25, 0.3) is 11.2 Å². The molecule has 6 heteroatoms. The minimum Gasteiger partial charge on any atom is -0.373 e. The highest BCUT2D eigenvalue weighted by molar-refractivity contribution is 5.73. The van der Waals surface area contributed by atoms with E-state index in [1.165, 1.54) is 0 Å². The second-order valence-electron chi connectivity index (χ2n) is 5.07. The number of aromatic nitrogens is 3. The lowest BCUT2D eigenvalue weighted by atomic mass is 9.86. The molecule has 2 N–H and O–H groups in total. The molecule has 4 nitrogen and oxygen atoms in total. The molecule has 1 fully saturated rings. The van der Waals surface area contributed by atoms with Crippen LogP contribution in [0.2, 0.25) is 0 Å². The molecule has 0 spiro atoms. The normalized spacial score (nSPS) is 19.7. The number of imidazole rings is 1. The van der Waals surface area contributed by atoms with Gasteiger partial charge in [-0.3, -0.25) is 0 Å². The van der Waals surface area contributed by atoms with Gasteiger partial charge in [0.1, 0.15) is 11.6 Å². The number of anilines is 1.